The van der Waals surface area contributed by atoms with Crippen molar-refractivity contribution in [3.05, 3.63) is 92.9 Å². The van der Waals surface area contributed by atoms with E-state index in [1.807, 2.05) is 6.92 Å². The van der Waals surface area contributed by atoms with Crippen molar-refractivity contribution in [3.63, 3.8) is 0 Å². The molecule has 0 aromatic heterocycles. The predicted molar refractivity (Wildman–Crippen MR) is 157 cm³/mol. The van der Waals surface area contributed by atoms with Crippen molar-refractivity contribution < 1.29 is 18.0 Å². The Hall–Kier alpha value is -2.78. The minimum absolute atomic E-state index is 0.0122. The van der Waals surface area contributed by atoms with Crippen molar-refractivity contribution >= 4 is 62.3 Å². The molecule has 0 saturated heterocycles. The fraction of sp³-hybridized carbons (Fsp3) is 0.286. The number of amides is 2. The van der Waals surface area contributed by atoms with Gasteiger partial charge in [0.2, 0.25) is 11.8 Å². The third-order valence-electron chi connectivity index (χ3n) is 6.19. The van der Waals surface area contributed by atoms with Gasteiger partial charge in [-0.3, -0.25) is 13.9 Å². The maximum Gasteiger partial charge on any atom is 0.264 e. The van der Waals surface area contributed by atoms with Crippen molar-refractivity contribution in [2.45, 2.75) is 44.7 Å². The molecule has 0 bridgehead atoms. The summed E-state index contributed by atoms with van der Waals surface area (Å²) in [5.74, 6) is -0.967. The first-order valence-corrected chi connectivity index (χ1v) is 14.9. The Labute approximate surface area is 244 Å². The van der Waals surface area contributed by atoms with E-state index in [2.05, 4.69) is 5.32 Å². The molecule has 39 heavy (non-hydrogen) atoms. The Balaban J connectivity index is 2.07. The maximum atomic E-state index is 13.9. The van der Waals surface area contributed by atoms with Gasteiger partial charge in [-0.15, -0.1) is 0 Å². The summed E-state index contributed by atoms with van der Waals surface area (Å²) in [4.78, 5) is 28.2. The molecule has 1 atom stereocenters. The van der Waals surface area contributed by atoms with E-state index in [-0.39, 0.29) is 23.0 Å². The minimum Gasteiger partial charge on any atom is -0.354 e. The van der Waals surface area contributed by atoms with Gasteiger partial charge < -0.3 is 10.2 Å². The van der Waals surface area contributed by atoms with Crippen LogP contribution >= 0.6 is 34.8 Å². The average Bonchev–Trinajstić information content (AvgIpc) is 2.91. The molecule has 3 aromatic rings. The van der Waals surface area contributed by atoms with E-state index in [1.165, 1.54) is 17.0 Å². The molecule has 0 aliphatic rings. The number of halogens is 3. The number of sulfonamides is 1. The predicted octanol–water partition coefficient (Wildman–Crippen LogP) is 6.09. The van der Waals surface area contributed by atoms with Crippen LogP contribution in [0.15, 0.2) is 71.6 Å². The summed E-state index contributed by atoms with van der Waals surface area (Å²) < 4.78 is 28.7. The lowest BCUT2D eigenvalue weighted by Crippen LogP contribution is -2.51. The first kappa shape index (κ1) is 30.8. The molecule has 7 nitrogen and oxygen atoms in total. The molecule has 0 fully saturated rings. The summed E-state index contributed by atoms with van der Waals surface area (Å²) in [6.07, 6.45) is 0.715. The van der Waals surface area contributed by atoms with Crippen LogP contribution < -0.4 is 9.62 Å². The molecule has 3 aromatic carbocycles. The number of carbonyl (C=O) groups excluding carboxylic acids is 2. The summed E-state index contributed by atoms with van der Waals surface area (Å²) in [5.41, 5.74) is 1.31. The number of anilines is 1. The fourth-order valence-electron chi connectivity index (χ4n) is 3.91. The van der Waals surface area contributed by atoms with Crippen molar-refractivity contribution in [3.8, 4) is 0 Å². The Morgan fingerprint density at radius 1 is 0.949 bits per heavy atom. The van der Waals surface area contributed by atoms with E-state index in [0.717, 1.165) is 4.31 Å². The number of nitrogens with zero attached hydrogens (tertiary/aromatic N) is 2. The number of rotatable bonds is 11. The highest BCUT2D eigenvalue weighted by Crippen LogP contribution is 2.31. The normalized spacial score (nSPS) is 12.1. The van der Waals surface area contributed by atoms with E-state index in [1.54, 1.807) is 68.4 Å². The Bertz CT molecular complexity index is 1440. The number of carbonyl (C=O) groups is 2. The summed E-state index contributed by atoms with van der Waals surface area (Å²) >= 11 is 18.8. The highest BCUT2D eigenvalue weighted by molar-refractivity contribution is 7.92. The van der Waals surface area contributed by atoms with Crippen LogP contribution in [0, 0.1) is 6.92 Å². The topological polar surface area (TPSA) is 86.8 Å². The molecule has 11 heteroatoms. The van der Waals surface area contributed by atoms with Crippen LogP contribution in [-0.2, 0) is 26.2 Å². The lowest BCUT2D eigenvalue weighted by atomic mass is 10.1. The van der Waals surface area contributed by atoms with Crippen molar-refractivity contribution in [2.24, 2.45) is 0 Å². The third kappa shape index (κ3) is 7.45. The molecular formula is C28H30Cl3N3O4S. The molecule has 0 aliphatic heterocycles. The second kappa shape index (κ2) is 13.5. The SMILES string of the molecule is CCCNC(=O)[C@@H](C)N(Cc1ccc(Cl)cc1Cl)C(=O)CN(c1cccc(Cl)c1C)S(=O)(=O)c1ccccc1. The first-order valence-electron chi connectivity index (χ1n) is 12.3. The first-order chi connectivity index (χ1) is 18.5. The Morgan fingerprint density at radius 2 is 1.64 bits per heavy atom. The highest BCUT2D eigenvalue weighted by Gasteiger charge is 2.33. The zero-order chi connectivity index (χ0) is 28.7. The van der Waals surface area contributed by atoms with Gasteiger partial charge in [-0.05, 0) is 67.8 Å². The highest BCUT2D eigenvalue weighted by atomic mass is 35.5. The smallest absolute Gasteiger partial charge is 0.264 e. The van der Waals surface area contributed by atoms with Gasteiger partial charge in [0.25, 0.3) is 10.0 Å². The van der Waals surface area contributed by atoms with Gasteiger partial charge in [0.05, 0.1) is 10.6 Å². The zero-order valence-corrected chi connectivity index (χ0v) is 24.9. The molecule has 2 amide bonds. The largest absolute Gasteiger partial charge is 0.354 e. The second-order valence-electron chi connectivity index (χ2n) is 8.93. The Kier molecular flexibility index (Phi) is 10.7. The fourth-order valence-corrected chi connectivity index (χ4v) is 6.04. The van der Waals surface area contributed by atoms with Gasteiger partial charge in [0.1, 0.15) is 12.6 Å². The van der Waals surface area contributed by atoms with E-state index in [4.69, 9.17) is 34.8 Å². The molecule has 0 spiro atoms. The number of nitrogens with one attached hydrogen (secondary N) is 1. The number of hydrogen-bond acceptors (Lipinski definition) is 4. The lowest BCUT2D eigenvalue weighted by Gasteiger charge is -2.32. The summed E-state index contributed by atoms with van der Waals surface area (Å²) in [5, 5.41) is 3.89. The summed E-state index contributed by atoms with van der Waals surface area (Å²) in [6.45, 7) is 5.01. The molecule has 0 aliphatic carbocycles. The molecule has 3 rings (SSSR count). The van der Waals surface area contributed by atoms with E-state index in [9.17, 15) is 18.0 Å². The van der Waals surface area contributed by atoms with Crippen molar-refractivity contribution in [2.75, 3.05) is 17.4 Å². The molecule has 0 heterocycles. The molecule has 0 unspecified atom stereocenters. The number of hydrogen-bond donors (Lipinski definition) is 1. The van der Waals surface area contributed by atoms with E-state index in [0.29, 0.717) is 39.2 Å². The van der Waals surface area contributed by atoms with Gasteiger partial charge in [-0.1, -0.05) is 72.1 Å². The van der Waals surface area contributed by atoms with Gasteiger partial charge in [0.15, 0.2) is 0 Å². The lowest BCUT2D eigenvalue weighted by molar-refractivity contribution is -0.139. The average molecular weight is 611 g/mol. The molecule has 0 radical (unpaired) electrons. The van der Waals surface area contributed by atoms with Gasteiger partial charge in [-0.25, -0.2) is 8.42 Å². The molecule has 208 valence electrons. The van der Waals surface area contributed by atoms with Crippen LogP contribution in [0.4, 0.5) is 5.69 Å². The van der Waals surface area contributed by atoms with E-state index < -0.39 is 28.5 Å². The van der Waals surface area contributed by atoms with Gasteiger partial charge in [-0.2, -0.15) is 0 Å². The van der Waals surface area contributed by atoms with Gasteiger partial charge >= 0.3 is 0 Å². The molecule has 1 N–H and O–H groups in total. The van der Waals surface area contributed by atoms with Crippen molar-refractivity contribution in [1.82, 2.24) is 10.2 Å². The summed E-state index contributed by atoms with van der Waals surface area (Å²) in [7, 11) is -4.19. The van der Waals surface area contributed by atoms with Crippen LogP contribution in [0.25, 0.3) is 0 Å². The van der Waals surface area contributed by atoms with Crippen LogP contribution in [0.2, 0.25) is 15.1 Å². The Morgan fingerprint density at radius 3 is 2.28 bits per heavy atom. The van der Waals surface area contributed by atoms with Crippen LogP contribution in [0.1, 0.15) is 31.4 Å². The van der Waals surface area contributed by atoms with Crippen LogP contribution in [-0.4, -0.2) is 44.3 Å². The van der Waals surface area contributed by atoms with E-state index >= 15 is 0 Å². The van der Waals surface area contributed by atoms with Crippen molar-refractivity contribution in [1.29, 1.82) is 0 Å². The number of benzene rings is 3. The molecular weight excluding hydrogens is 581 g/mol. The summed E-state index contributed by atoms with van der Waals surface area (Å²) in [6, 6.07) is 16.6. The standard InChI is InChI=1S/C28H30Cl3N3O4S/c1-4-15-32-28(36)20(3)33(17-21-13-14-22(29)16-25(21)31)27(35)18-34(26-12-8-11-24(30)19(26)2)39(37,38)23-9-6-5-7-10-23/h5-14,16,20H,4,15,17-18H2,1-3H3,(H,32,36)/t20-/m1/s1. The zero-order valence-electron chi connectivity index (χ0n) is 21.8. The van der Waals surface area contributed by atoms with Crippen LogP contribution in [0.3, 0.4) is 0 Å². The minimum atomic E-state index is -4.19. The second-order valence-corrected chi connectivity index (χ2v) is 12.0. The van der Waals surface area contributed by atoms with Crippen LogP contribution in [0.5, 0.6) is 0 Å². The quantitative estimate of drug-likeness (QED) is 0.285. The maximum absolute atomic E-state index is 13.9. The monoisotopic (exact) mass is 609 g/mol. The van der Waals surface area contributed by atoms with Gasteiger partial charge in [0, 0.05) is 28.2 Å². The molecule has 0 saturated carbocycles. The third-order valence-corrected chi connectivity index (χ3v) is 8.96.